The number of furan rings is 1. The topological polar surface area (TPSA) is 31.0 Å². The van der Waals surface area contributed by atoms with Gasteiger partial charge in [0.1, 0.15) is 17.4 Å². The predicted molar refractivity (Wildman–Crippen MR) is 81.6 cm³/mol. The molecule has 0 spiro atoms. The number of aromatic nitrogens is 2. The number of nitrogens with zero attached hydrogens (tertiary/aromatic N) is 2. The molecule has 2 aromatic heterocycles. The van der Waals surface area contributed by atoms with Crippen molar-refractivity contribution in [2.45, 2.75) is 19.4 Å². The molecule has 110 valence electrons. The molecule has 1 aromatic carbocycles. The number of imidazole rings is 1. The van der Waals surface area contributed by atoms with Crippen molar-refractivity contribution in [2.75, 3.05) is 5.88 Å². The summed E-state index contributed by atoms with van der Waals surface area (Å²) in [4.78, 5) is 4.52. The van der Waals surface area contributed by atoms with Gasteiger partial charge in [0.05, 0.1) is 28.4 Å². The third-order valence-electron chi connectivity index (χ3n) is 3.46. The quantitative estimate of drug-likeness (QED) is 0.644. The van der Waals surface area contributed by atoms with Crippen molar-refractivity contribution in [3.05, 3.63) is 53.0 Å². The van der Waals surface area contributed by atoms with E-state index in [4.69, 9.17) is 27.6 Å². The average Bonchev–Trinajstić information content (AvgIpc) is 3.07. The summed E-state index contributed by atoms with van der Waals surface area (Å²) in [5, 5.41) is 0.0650. The van der Waals surface area contributed by atoms with E-state index in [2.05, 4.69) is 4.98 Å². The molecule has 0 aliphatic heterocycles. The highest BCUT2D eigenvalue weighted by Gasteiger charge is 2.20. The molecule has 0 aliphatic rings. The minimum Gasteiger partial charge on any atom is -0.467 e. The molecule has 0 aliphatic carbocycles. The van der Waals surface area contributed by atoms with Crippen LogP contribution in [0.25, 0.3) is 11.0 Å². The fourth-order valence-electron chi connectivity index (χ4n) is 2.49. The lowest BCUT2D eigenvalue weighted by atomic mass is 10.2. The van der Waals surface area contributed by atoms with Gasteiger partial charge in [0.25, 0.3) is 0 Å². The first-order valence-corrected chi connectivity index (χ1v) is 7.48. The summed E-state index contributed by atoms with van der Waals surface area (Å²) < 4.78 is 21.2. The van der Waals surface area contributed by atoms with Crippen molar-refractivity contribution >= 4 is 34.2 Å². The van der Waals surface area contributed by atoms with Gasteiger partial charge >= 0.3 is 0 Å². The molecular weight excluding hydrogens is 314 g/mol. The second-order valence-corrected chi connectivity index (χ2v) is 5.57. The van der Waals surface area contributed by atoms with Gasteiger partial charge in [-0.1, -0.05) is 11.6 Å². The molecule has 0 amide bonds. The molecule has 2 heterocycles. The average molecular weight is 327 g/mol. The van der Waals surface area contributed by atoms with Gasteiger partial charge in [-0.2, -0.15) is 0 Å². The summed E-state index contributed by atoms with van der Waals surface area (Å²) in [6, 6.07) is 6.54. The Morgan fingerprint density at radius 1 is 1.43 bits per heavy atom. The van der Waals surface area contributed by atoms with Crippen LogP contribution in [0.3, 0.4) is 0 Å². The van der Waals surface area contributed by atoms with Gasteiger partial charge in [-0.05, 0) is 25.1 Å². The summed E-state index contributed by atoms with van der Waals surface area (Å²) in [7, 11) is 0. The number of hydrogen-bond acceptors (Lipinski definition) is 2. The lowest BCUT2D eigenvalue weighted by Crippen LogP contribution is -2.10. The molecular formula is C15H13Cl2FN2O. The van der Waals surface area contributed by atoms with Crippen LogP contribution in [0.4, 0.5) is 4.39 Å². The fraction of sp³-hybridized carbons (Fsp3) is 0.267. The van der Waals surface area contributed by atoms with Crippen LogP contribution < -0.4 is 0 Å². The molecule has 0 saturated heterocycles. The number of alkyl halides is 1. The molecule has 0 radical (unpaired) electrons. The summed E-state index contributed by atoms with van der Waals surface area (Å²) in [5.74, 6) is 1.53. The minimum atomic E-state index is -0.464. The molecule has 3 nitrogen and oxygen atoms in total. The maximum atomic E-state index is 13.8. The number of benzene rings is 1. The SMILES string of the molecule is CC(c1ccco1)n1c(CCCl)nc2cc(Cl)c(F)cc21. The Hall–Kier alpha value is -1.52. The maximum Gasteiger partial charge on any atom is 0.144 e. The van der Waals surface area contributed by atoms with Gasteiger partial charge in [0, 0.05) is 18.4 Å². The third-order valence-corrected chi connectivity index (χ3v) is 3.94. The molecule has 0 N–H and O–H groups in total. The Balaban J connectivity index is 2.22. The van der Waals surface area contributed by atoms with E-state index in [1.165, 1.54) is 12.1 Å². The van der Waals surface area contributed by atoms with Crippen molar-refractivity contribution in [2.24, 2.45) is 0 Å². The van der Waals surface area contributed by atoms with Gasteiger partial charge in [-0.3, -0.25) is 0 Å². The highest BCUT2D eigenvalue weighted by atomic mass is 35.5. The predicted octanol–water partition coefficient (Wildman–Crippen LogP) is 4.81. The van der Waals surface area contributed by atoms with Crippen molar-refractivity contribution < 1.29 is 8.81 Å². The third kappa shape index (κ3) is 2.54. The van der Waals surface area contributed by atoms with E-state index in [-0.39, 0.29) is 11.1 Å². The van der Waals surface area contributed by atoms with Gasteiger partial charge < -0.3 is 8.98 Å². The summed E-state index contributed by atoms with van der Waals surface area (Å²) in [6.45, 7) is 1.98. The van der Waals surface area contributed by atoms with E-state index in [9.17, 15) is 4.39 Å². The van der Waals surface area contributed by atoms with Crippen molar-refractivity contribution in [3.8, 4) is 0 Å². The molecule has 0 bridgehead atoms. The first kappa shape index (κ1) is 14.4. The van der Waals surface area contributed by atoms with Crippen molar-refractivity contribution in [3.63, 3.8) is 0 Å². The highest BCUT2D eigenvalue weighted by molar-refractivity contribution is 6.31. The zero-order chi connectivity index (χ0) is 15.0. The van der Waals surface area contributed by atoms with E-state index < -0.39 is 5.82 Å². The molecule has 0 fully saturated rings. The molecule has 1 unspecified atom stereocenters. The zero-order valence-electron chi connectivity index (χ0n) is 11.3. The largest absolute Gasteiger partial charge is 0.467 e. The molecule has 3 rings (SSSR count). The molecule has 6 heteroatoms. The van der Waals surface area contributed by atoms with Crippen LogP contribution in [-0.4, -0.2) is 15.4 Å². The first-order chi connectivity index (χ1) is 10.1. The van der Waals surface area contributed by atoms with Crippen LogP contribution in [0.1, 0.15) is 24.6 Å². The monoisotopic (exact) mass is 326 g/mol. The van der Waals surface area contributed by atoms with E-state index in [0.29, 0.717) is 23.3 Å². The Bertz CT molecular complexity index is 768. The Morgan fingerprint density at radius 2 is 2.24 bits per heavy atom. The van der Waals surface area contributed by atoms with Gasteiger partial charge in [0.2, 0.25) is 0 Å². The van der Waals surface area contributed by atoms with Gasteiger partial charge in [-0.25, -0.2) is 9.37 Å². The summed E-state index contributed by atoms with van der Waals surface area (Å²) in [5.41, 5.74) is 1.33. The normalized spacial score (nSPS) is 13.0. The molecule has 0 saturated carbocycles. The second-order valence-electron chi connectivity index (χ2n) is 4.78. The molecule has 3 aromatic rings. The highest BCUT2D eigenvalue weighted by Crippen LogP contribution is 2.29. The first-order valence-electron chi connectivity index (χ1n) is 6.57. The number of halogens is 3. The number of hydrogen-bond donors (Lipinski definition) is 0. The number of rotatable bonds is 4. The Morgan fingerprint density at radius 3 is 2.90 bits per heavy atom. The van der Waals surface area contributed by atoms with E-state index in [0.717, 1.165) is 11.6 Å². The molecule has 1 atom stereocenters. The van der Waals surface area contributed by atoms with Crippen LogP contribution in [0.5, 0.6) is 0 Å². The molecule has 21 heavy (non-hydrogen) atoms. The summed E-state index contributed by atoms with van der Waals surface area (Å²) in [6.07, 6.45) is 2.20. The van der Waals surface area contributed by atoms with Gasteiger partial charge in [0.15, 0.2) is 0 Å². The van der Waals surface area contributed by atoms with Crippen molar-refractivity contribution in [1.29, 1.82) is 0 Å². The number of fused-ring (bicyclic) bond motifs is 1. The maximum absolute atomic E-state index is 13.8. The number of aryl methyl sites for hydroxylation is 1. The zero-order valence-corrected chi connectivity index (χ0v) is 12.8. The van der Waals surface area contributed by atoms with Crippen LogP contribution in [0, 0.1) is 5.82 Å². The fourth-order valence-corrected chi connectivity index (χ4v) is 2.82. The van der Waals surface area contributed by atoms with E-state index >= 15 is 0 Å². The lowest BCUT2D eigenvalue weighted by Gasteiger charge is -2.15. The minimum absolute atomic E-state index is 0.0650. The van der Waals surface area contributed by atoms with Crippen LogP contribution in [0.2, 0.25) is 5.02 Å². The van der Waals surface area contributed by atoms with Crippen LogP contribution in [0.15, 0.2) is 34.9 Å². The Kier molecular flexibility index (Phi) is 3.91. The second kappa shape index (κ2) is 5.70. The Labute approximate surface area is 131 Å². The van der Waals surface area contributed by atoms with E-state index in [1.54, 1.807) is 6.26 Å². The van der Waals surface area contributed by atoms with E-state index in [1.807, 2.05) is 23.6 Å². The van der Waals surface area contributed by atoms with Crippen molar-refractivity contribution in [1.82, 2.24) is 9.55 Å². The van der Waals surface area contributed by atoms with Crippen LogP contribution >= 0.6 is 23.2 Å². The standard InChI is InChI=1S/C15H13Cl2FN2O/c1-9(14-3-2-6-21-14)20-13-8-11(18)10(17)7-12(13)19-15(20)4-5-16/h2-3,6-9H,4-5H2,1H3. The summed E-state index contributed by atoms with van der Waals surface area (Å²) >= 11 is 11.7. The lowest BCUT2D eigenvalue weighted by molar-refractivity contribution is 0.444. The van der Waals surface area contributed by atoms with Gasteiger partial charge in [-0.15, -0.1) is 11.6 Å². The smallest absolute Gasteiger partial charge is 0.144 e. The van der Waals surface area contributed by atoms with Crippen LogP contribution in [-0.2, 0) is 6.42 Å².